The van der Waals surface area contributed by atoms with E-state index in [1.807, 2.05) is 7.05 Å². The molecule has 1 aliphatic heterocycles. The van der Waals surface area contributed by atoms with Crippen LogP contribution in [0.4, 0.5) is 10.1 Å². The van der Waals surface area contributed by atoms with E-state index in [-0.39, 0.29) is 30.3 Å². The van der Waals surface area contributed by atoms with Crippen LogP contribution in [0.15, 0.2) is 29.3 Å². The maximum Gasteiger partial charge on any atom is 0.225 e. The molecule has 1 aromatic rings. The Morgan fingerprint density at radius 3 is 2.68 bits per heavy atom. The smallest absolute Gasteiger partial charge is 0.225 e. The van der Waals surface area contributed by atoms with Gasteiger partial charge in [-0.1, -0.05) is 37.1 Å². The van der Waals surface area contributed by atoms with Gasteiger partial charge in [0.1, 0.15) is 12.0 Å². The standard InChI is InChI=1S/C18H24FN3OS.ClH/c1-13(23)22(16-10-6-7-14(19)11-16)17-12-24-18(21(17)2)20-15-8-4-3-5-9-15;/h6-7,10-11,15,17H,3-5,8-9,12H2,1-2H3;1H. The number of amides is 1. The Kier molecular flexibility index (Phi) is 7.14. The second-order valence-corrected chi connectivity index (χ2v) is 7.46. The summed E-state index contributed by atoms with van der Waals surface area (Å²) in [6.07, 6.45) is 6.00. The molecule has 7 heteroatoms. The largest absolute Gasteiger partial charge is 0.333 e. The first-order valence-electron chi connectivity index (χ1n) is 8.55. The van der Waals surface area contributed by atoms with Gasteiger partial charge in [-0.15, -0.1) is 12.4 Å². The topological polar surface area (TPSA) is 35.9 Å². The van der Waals surface area contributed by atoms with Gasteiger partial charge in [-0.25, -0.2) is 4.39 Å². The lowest BCUT2D eigenvalue weighted by Crippen LogP contribution is -2.48. The van der Waals surface area contributed by atoms with Gasteiger partial charge >= 0.3 is 0 Å². The molecule has 138 valence electrons. The van der Waals surface area contributed by atoms with Crippen molar-refractivity contribution in [3.8, 4) is 0 Å². The van der Waals surface area contributed by atoms with Crippen LogP contribution < -0.4 is 4.90 Å². The van der Waals surface area contributed by atoms with Crippen molar-refractivity contribution in [2.24, 2.45) is 4.99 Å². The molecule has 1 saturated carbocycles. The summed E-state index contributed by atoms with van der Waals surface area (Å²) in [6.45, 7) is 1.53. The van der Waals surface area contributed by atoms with E-state index in [0.717, 1.165) is 23.8 Å². The minimum atomic E-state index is -0.330. The Hall–Kier alpha value is -1.27. The summed E-state index contributed by atoms with van der Waals surface area (Å²) < 4.78 is 13.6. The predicted octanol–water partition coefficient (Wildman–Crippen LogP) is 4.29. The van der Waals surface area contributed by atoms with Crippen LogP contribution in [0.2, 0.25) is 0 Å². The molecule has 1 amide bonds. The zero-order chi connectivity index (χ0) is 17.1. The van der Waals surface area contributed by atoms with Crippen molar-refractivity contribution in [2.75, 3.05) is 17.7 Å². The molecule has 2 fully saturated rings. The van der Waals surface area contributed by atoms with Gasteiger partial charge in [-0.05, 0) is 31.0 Å². The summed E-state index contributed by atoms with van der Waals surface area (Å²) in [6, 6.07) is 6.63. The first kappa shape index (κ1) is 20.0. The zero-order valence-corrected chi connectivity index (χ0v) is 16.3. The molecule has 0 spiro atoms. The minimum Gasteiger partial charge on any atom is -0.333 e. The lowest BCUT2D eigenvalue weighted by Gasteiger charge is -2.33. The lowest BCUT2D eigenvalue weighted by molar-refractivity contribution is -0.117. The molecule has 0 bridgehead atoms. The quantitative estimate of drug-likeness (QED) is 0.778. The van der Waals surface area contributed by atoms with Crippen LogP contribution in [-0.4, -0.2) is 41.0 Å². The van der Waals surface area contributed by atoms with Gasteiger partial charge in [0.25, 0.3) is 0 Å². The molecule has 1 saturated heterocycles. The van der Waals surface area contributed by atoms with Crippen molar-refractivity contribution < 1.29 is 9.18 Å². The molecule has 1 unspecified atom stereocenters. The lowest BCUT2D eigenvalue weighted by atomic mass is 9.96. The van der Waals surface area contributed by atoms with Gasteiger partial charge in [-0.3, -0.25) is 14.7 Å². The van der Waals surface area contributed by atoms with E-state index in [1.54, 1.807) is 28.8 Å². The number of hydrogen-bond donors (Lipinski definition) is 0. The van der Waals surface area contributed by atoms with Crippen LogP contribution in [0.3, 0.4) is 0 Å². The number of amidine groups is 1. The summed E-state index contributed by atoms with van der Waals surface area (Å²) >= 11 is 1.69. The molecule has 4 nitrogen and oxygen atoms in total. The summed E-state index contributed by atoms with van der Waals surface area (Å²) in [4.78, 5) is 20.9. The number of carbonyl (C=O) groups excluding carboxylic acids is 1. The molecule has 0 N–H and O–H groups in total. The summed E-state index contributed by atoms with van der Waals surface area (Å²) in [5.41, 5.74) is 0.596. The highest BCUT2D eigenvalue weighted by atomic mass is 35.5. The Labute approximate surface area is 159 Å². The van der Waals surface area contributed by atoms with Crippen LogP contribution in [0, 0.1) is 5.82 Å². The third kappa shape index (κ3) is 4.67. The first-order chi connectivity index (χ1) is 11.6. The third-order valence-electron chi connectivity index (χ3n) is 4.70. The van der Waals surface area contributed by atoms with Gasteiger partial charge in [0.2, 0.25) is 5.91 Å². The fourth-order valence-corrected chi connectivity index (χ4v) is 4.64. The van der Waals surface area contributed by atoms with E-state index in [9.17, 15) is 9.18 Å². The van der Waals surface area contributed by atoms with Gasteiger partial charge in [-0.2, -0.15) is 0 Å². The average Bonchev–Trinajstić information content (AvgIpc) is 2.90. The maximum atomic E-state index is 13.6. The van der Waals surface area contributed by atoms with Crippen LogP contribution in [0.25, 0.3) is 0 Å². The highest BCUT2D eigenvalue weighted by Crippen LogP contribution is 2.31. The minimum absolute atomic E-state index is 0. The Morgan fingerprint density at radius 2 is 2.04 bits per heavy atom. The Morgan fingerprint density at radius 1 is 1.32 bits per heavy atom. The average molecular weight is 386 g/mol. The highest BCUT2D eigenvalue weighted by molar-refractivity contribution is 8.14. The molecule has 2 aliphatic rings. The van der Waals surface area contributed by atoms with Gasteiger partial charge in [0.15, 0.2) is 5.17 Å². The van der Waals surface area contributed by atoms with E-state index < -0.39 is 0 Å². The fourth-order valence-electron chi connectivity index (χ4n) is 3.42. The highest BCUT2D eigenvalue weighted by Gasteiger charge is 2.35. The summed E-state index contributed by atoms with van der Waals surface area (Å²) in [7, 11) is 1.97. The summed E-state index contributed by atoms with van der Waals surface area (Å²) in [5, 5.41) is 0.995. The van der Waals surface area contributed by atoms with Gasteiger partial charge in [0.05, 0.1) is 6.04 Å². The van der Waals surface area contributed by atoms with E-state index in [0.29, 0.717) is 11.7 Å². The predicted molar refractivity (Wildman–Crippen MR) is 105 cm³/mol. The van der Waals surface area contributed by atoms with E-state index in [2.05, 4.69) is 4.90 Å². The maximum absolute atomic E-state index is 13.6. The number of benzene rings is 1. The van der Waals surface area contributed by atoms with Crippen LogP contribution in [0.1, 0.15) is 39.0 Å². The van der Waals surface area contributed by atoms with Crippen molar-refractivity contribution in [3.05, 3.63) is 30.1 Å². The van der Waals surface area contributed by atoms with E-state index in [1.165, 1.54) is 38.3 Å². The Bertz CT molecular complexity index is 637. The second kappa shape index (κ2) is 8.90. The normalized spacial score (nSPS) is 22.8. The monoisotopic (exact) mass is 385 g/mol. The van der Waals surface area contributed by atoms with E-state index in [4.69, 9.17) is 4.99 Å². The van der Waals surface area contributed by atoms with E-state index >= 15 is 0 Å². The molecule has 3 rings (SSSR count). The number of thioether (sulfide) groups is 1. The van der Waals surface area contributed by atoms with Crippen molar-refractivity contribution in [1.82, 2.24) is 4.90 Å². The SMILES string of the molecule is CC(=O)N(c1cccc(F)c1)C1CSC(=NC2CCCCC2)N1C.Cl. The third-order valence-corrected chi connectivity index (χ3v) is 5.82. The number of aliphatic imine (C=N–C) groups is 1. The van der Waals surface area contributed by atoms with Crippen molar-refractivity contribution in [3.63, 3.8) is 0 Å². The van der Waals surface area contributed by atoms with Crippen molar-refractivity contribution in [2.45, 2.75) is 51.2 Å². The molecular weight excluding hydrogens is 361 g/mol. The fraction of sp³-hybridized carbons (Fsp3) is 0.556. The number of rotatable bonds is 3. The van der Waals surface area contributed by atoms with Gasteiger partial charge in [0, 0.05) is 25.4 Å². The first-order valence-corrected chi connectivity index (χ1v) is 9.53. The van der Waals surface area contributed by atoms with Crippen molar-refractivity contribution >= 4 is 40.9 Å². The number of anilines is 1. The number of nitrogens with zero attached hydrogens (tertiary/aromatic N) is 3. The zero-order valence-electron chi connectivity index (χ0n) is 14.7. The number of carbonyl (C=O) groups is 1. The van der Waals surface area contributed by atoms with Crippen LogP contribution in [0.5, 0.6) is 0 Å². The number of halogens is 2. The molecule has 0 radical (unpaired) electrons. The van der Waals surface area contributed by atoms with Crippen LogP contribution in [-0.2, 0) is 4.79 Å². The Balaban J connectivity index is 0.00000225. The second-order valence-electron chi connectivity index (χ2n) is 6.47. The molecule has 1 aliphatic carbocycles. The molecule has 1 aromatic carbocycles. The van der Waals surface area contributed by atoms with Crippen LogP contribution >= 0.6 is 24.2 Å². The molecule has 0 aromatic heterocycles. The molecular formula is C18H25ClFN3OS. The number of hydrogen-bond acceptors (Lipinski definition) is 3. The molecule has 1 atom stereocenters. The van der Waals surface area contributed by atoms with Crippen molar-refractivity contribution in [1.29, 1.82) is 0 Å². The molecule has 25 heavy (non-hydrogen) atoms. The summed E-state index contributed by atoms with van der Waals surface area (Å²) in [5.74, 6) is 0.332. The molecule has 1 heterocycles. The van der Waals surface area contributed by atoms with Gasteiger partial charge < -0.3 is 4.90 Å².